The van der Waals surface area contributed by atoms with E-state index in [0.717, 1.165) is 43.2 Å². The molecule has 6 aromatic rings. The molecule has 0 atom stereocenters. The van der Waals surface area contributed by atoms with Crippen LogP contribution in [0.25, 0.3) is 27.3 Å². The Morgan fingerprint density at radius 2 is 1.22 bits per heavy atom. The molecule has 176 valence electrons. The second kappa shape index (κ2) is 8.43. The van der Waals surface area contributed by atoms with Gasteiger partial charge in [0, 0.05) is 44.5 Å². The Morgan fingerprint density at radius 1 is 0.622 bits per heavy atom. The predicted molar refractivity (Wildman–Crippen MR) is 149 cm³/mol. The van der Waals surface area contributed by atoms with E-state index in [2.05, 4.69) is 47.4 Å². The largest absolute Gasteiger partial charge is 0.455 e. The summed E-state index contributed by atoms with van der Waals surface area (Å²) in [6, 6.07) is 35.6. The third kappa shape index (κ3) is 3.51. The lowest BCUT2D eigenvalue weighted by atomic mass is 10.1. The van der Waals surface area contributed by atoms with E-state index in [1.165, 1.54) is 11.3 Å². The number of hydrogen-bond donors (Lipinski definition) is 0. The highest BCUT2D eigenvalue weighted by atomic mass is 32.1. The SMILES string of the molecule is O=C1C(=Cc2cc3oc4cc(N(c5ccccc5)c5ccccc5)ccc4c3s2)C(=O)c2ccccc21. The molecule has 0 N–H and O–H groups in total. The number of thiophene rings is 1. The number of carbonyl (C=O) groups excluding carboxylic acids is 2. The number of anilines is 3. The van der Waals surface area contributed by atoms with Crippen LogP contribution in [-0.2, 0) is 0 Å². The number of hydrogen-bond acceptors (Lipinski definition) is 5. The van der Waals surface area contributed by atoms with Crippen LogP contribution < -0.4 is 4.90 Å². The molecule has 0 amide bonds. The van der Waals surface area contributed by atoms with Crippen molar-refractivity contribution >= 4 is 67.3 Å². The molecular weight excluding hydrogens is 478 g/mol. The van der Waals surface area contributed by atoms with Gasteiger partial charge in [-0.1, -0.05) is 60.7 Å². The fraction of sp³-hybridized carbons (Fsp3) is 0. The van der Waals surface area contributed by atoms with Gasteiger partial charge in [0.25, 0.3) is 0 Å². The van der Waals surface area contributed by atoms with E-state index in [0.29, 0.717) is 11.1 Å². The molecule has 0 fully saturated rings. The fourth-order valence-electron chi connectivity index (χ4n) is 4.91. The maximum atomic E-state index is 12.8. The number of Topliss-reactive ketones (excluding diaryl/α,β-unsaturated/α-hetero) is 2. The van der Waals surface area contributed by atoms with Gasteiger partial charge < -0.3 is 9.32 Å². The van der Waals surface area contributed by atoms with Crippen LogP contribution >= 0.6 is 11.3 Å². The number of rotatable bonds is 4. The number of furan rings is 1. The molecule has 0 radical (unpaired) electrons. The summed E-state index contributed by atoms with van der Waals surface area (Å²) in [6.45, 7) is 0. The summed E-state index contributed by atoms with van der Waals surface area (Å²) in [5, 5.41) is 1.00. The van der Waals surface area contributed by atoms with E-state index < -0.39 is 0 Å². The molecule has 4 aromatic carbocycles. The number of fused-ring (bicyclic) bond motifs is 4. The van der Waals surface area contributed by atoms with E-state index in [-0.39, 0.29) is 17.1 Å². The summed E-state index contributed by atoms with van der Waals surface area (Å²) in [5.74, 6) is -0.441. The molecule has 7 rings (SSSR count). The molecule has 1 aliphatic carbocycles. The van der Waals surface area contributed by atoms with Crippen LogP contribution in [0.4, 0.5) is 17.1 Å². The van der Waals surface area contributed by atoms with E-state index in [4.69, 9.17) is 4.42 Å². The van der Waals surface area contributed by atoms with Crippen LogP contribution in [0.3, 0.4) is 0 Å². The van der Waals surface area contributed by atoms with Crippen LogP contribution in [0.5, 0.6) is 0 Å². The molecule has 37 heavy (non-hydrogen) atoms. The first-order valence-corrected chi connectivity index (χ1v) is 12.8. The van der Waals surface area contributed by atoms with Gasteiger partial charge in [-0.15, -0.1) is 11.3 Å². The highest BCUT2D eigenvalue weighted by Crippen LogP contribution is 2.41. The molecule has 0 aliphatic heterocycles. The first kappa shape index (κ1) is 21.5. The van der Waals surface area contributed by atoms with Gasteiger partial charge in [-0.25, -0.2) is 0 Å². The van der Waals surface area contributed by atoms with Gasteiger partial charge in [0.2, 0.25) is 0 Å². The zero-order valence-electron chi connectivity index (χ0n) is 19.5. The van der Waals surface area contributed by atoms with Crippen LogP contribution in [0.15, 0.2) is 119 Å². The smallest absolute Gasteiger partial charge is 0.197 e. The molecule has 2 heterocycles. The van der Waals surface area contributed by atoms with E-state index in [1.54, 1.807) is 30.3 Å². The Bertz CT molecular complexity index is 1790. The number of para-hydroxylation sites is 2. The molecule has 1 aliphatic rings. The Kier molecular flexibility index (Phi) is 4.91. The minimum atomic E-state index is -0.220. The third-order valence-corrected chi connectivity index (χ3v) is 7.72. The Morgan fingerprint density at radius 3 is 1.84 bits per heavy atom. The van der Waals surface area contributed by atoms with Crippen molar-refractivity contribution in [1.82, 2.24) is 0 Å². The minimum absolute atomic E-state index is 0.207. The molecule has 0 spiro atoms. The predicted octanol–water partition coefficient (Wildman–Crippen LogP) is 8.58. The number of allylic oxidation sites excluding steroid dienone is 1. The van der Waals surface area contributed by atoms with E-state index >= 15 is 0 Å². The topological polar surface area (TPSA) is 50.5 Å². The number of ketones is 2. The monoisotopic (exact) mass is 497 g/mol. The maximum absolute atomic E-state index is 12.8. The van der Waals surface area contributed by atoms with Crippen molar-refractivity contribution in [2.75, 3.05) is 4.90 Å². The van der Waals surface area contributed by atoms with Crippen molar-refractivity contribution in [3.63, 3.8) is 0 Å². The van der Waals surface area contributed by atoms with Crippen molar-refractivity contribution in [2.45, 2.75) is 0 Å². The average molecular weight is 498 g/mol. The second-order valence-electron chi connectivity index (χ2n) is 8.89. The lowest BCUT2D eigenvalue weighted by molar-refractivity contribution is 0.0990. The Hall–Kier alpha value is -4.74. The van der Waals surface area contributed by atoms with Crippen molar-refractivity contribution in [2.24, 2.45) is 0 Å². The first-order chi connectivity index (χ1) is 18.2. The van der Waals surface area contributed by atoms with E-state index in [1.807, 2.05) is 42.5 Å². The quantitative estimate of drug-likeness (QED) is 0.181. The molecule has 5 heteroatoms. The minimum Gasteiger partial charge on any atom is -0.455 e. The van der Waals surface area contributed by atoms with Gasteiger partial charge in [-0.2, -0.15) is 0 Å². The molecule has 0 bridgehead atoms. The summed E-state index contributed by atoms with van der Waals surface area (Å²) in [5.41, 5.74) is 5.79. The highest BCUT2D eigenvalue weighted by molar-refractivity contribution is 7.20. The van der Waals surface area contributed by atoms with Gasteiger partial charge in [-0.3, -0.25) is 9.59 Å². The summed E-state index contributed by atoms with van der Waals surface area (Å²) >= 11 is 1.52. The van der Waals surface area contributed by atoms with Crippen LogP contribution in [0.2, 0.25) is 0 Å². The number of carbonyl (C=O) groups is 2. The third-order valence-electron chi connectivity index (χ3n) is 6.63. The lowest BCUT2D eigenvalue weighted by Gasteiger charge is -2.25. The molecular formula is C32H19NO3S. The summed E-state index contributed by atoms with van der Waals surface area (Å²) in [6.07, 6.45) is 1.69. The lowest BCUT2D eigenvalue weighted by Crippen LogP contribution is -2.09. The molecule has 2 aromatic heterocycles. The Balaban J connectivity index is 1.29. The zero-order valence-corrected chi connectivity index (χ0v) is 20.4. The second-order valence-corrected chi connectivity index (χ2v) is 9.98. The molecule has 0 saturated heterocycles. The van der Waals surface area contributed by atoms with Gasteiger partial charge in [0.1, 0.15) is 11.2 Å². The first-order valence-electron chi connectivity index (χ1n) is 11.9. The van der Waals surface area contributed by atoms with Crippen molar-refractivity contribution in [1.29, 1.82) is 0 Å². The maximum Gasteiger partial charge on any atom is 0.197 e. The van der Waals surface area contributed by atoms with Crippen molar-refractivity contribution in [3.05, 3.63) is 131 Å². The van der Waals surface area contributed by atoms with Crippen LogP contribution in [0, 0.1) is 0 Å². The molecule has 0 saturated carbocycles. The van der Waals surface area contributed by atoms with Crippen molar-refractivity contribution in [3.8, 4) is 0 Å². The van der Waals surface area contributed by atoms with E-state index in [9.17, 15) is 9.59 Å². The fourth-order valence-corrected chi connectivity index (χ4v) is 5.97. The summed E-state index contributed by atoms with van der Waals surface area (Å²) in [7, 11) is 0. The van der Waals surface area contributed by atoms with Crippen LogP contribution in [0.1, 0.15) is 25.6 Å². The molecule has 0 unspecified atom stereocenters. The van der Waals surface area contributed by atoms with Gasteiger partial charge in [0.05, 0.1) is 10.3 Å². The highest BCUT2D eigenvalue weighted by Gasteiger charge is 2.32. The summed E-state index contributed by atoms with van der Waals surface area (Å²) in [4.78, 5) is 28.6. The Labute approximate surface area is 216 Å². The summed E-state index contributed by atoms with van der Waals surface area (Å²) < 4.78 is 7.26. The van der Waals surface area contributed by atoms with Gasteiger partial charge in [-0.05, 0) is 48.5 Å². The van der Waals surface area contributed by atoms with Crippen LogP contribution in [-0.4, -0.2) is 11.6 Å². The van der Waals surface area contributed by atoms with Gasteiger partial charge in [0.15, 0.2) is 11.6 Å². The molecule has 4 nitrogen and oxygen atoms in total. The van der Waals surface area contributed by atoms with Crippen molar-refractivity contribution < 1.29 is 14.0 Å². The number of nitrogens with zero attached hydrogens (tertiary/aromatic N) is 1. The zero-order chi connectivity index (χ0) is 24.9. The normalized spacial score (nSPS) is 12.9. The standard InChI is InChI=1S/C32H19NO3S/c34-30-24-13-7-8-14-25(24)31(35)27(30)18-23-19-29-32(37-23)26-16-15-22(17-28(26)36-29)33(20-9-3-1-4-10-20)21-11-5-2-6-12-21/h1-19H. The van der Waals surface area contributed by atoms with Gasteiger partial charge >= 0.3 is 0 Å². The average Bonchev–Trinajstić information content (AvgIpc) is 3.56. The number of benzene rings is 4.